The first-order chi connectivity index (χ1) is 11.9. The maximum atomic E-state index is 13.4. The molecule has 0 aliphatic heterocycles. The second-order valence-corrected chi connectivity index (χ2v) is 6.43. The molecule has 3 amide bonds. The molecule has 1 aromatic carbocycles. The molecule has 2 rings (SSSR count). The lowest BCUT2D eigenvalue weighted by atomic mass is 9.86. The van der Waals surface area contributed by atoms with Crippen LogP contribution in [-0.2, 0) is 9.53 Å². The first-order valence-electron chi connectivity index (χ1n) is 8.40. The minimum Gasteiger partial charge on any atom is -0.452 e. The Bertz CT molecular complexity index is 662. The van der Waals surface area contributed by atoms with Gasteiger partial charge in [0.2, 0.25) is 0 Å². The standard InChI is InChI=1S/C18H23FN2O4/c1-11-7-8-13(9-14(11)19)17(23)25-10-16(22)21-18(24)20-15-6-4-3-5-12(15)2/h7-9,12,15H,3-6,10H2,1-2H3,(H2,20,21,22,24). The van der Waals surface area contributed by atoms with Gasteiger partial charge in [-0.3, -0.25) is 10.1 Å². The van der Waals surface area contributed by atoms with Crippen LogP contribution in [0.1, 0.15) is 48.5 Å². The van der Waals surface area contributed by atoms with Crippen molar-refractivity contribution in [3.05, 3.63) is 35.1 Å². The summed E-state index contributed by atoms with van der Waals surface area (Å²) in [5.74, 6) is -1.72. The molecule has 2 atom stereocenters. The topological polar surface area (TPSA) is 84.5 Å². The highest BCUT2D eigenvalue weighted by molar-refractivity contribution is 5.97. The normalized spacial score (nSPS) is 19.8. The summed E-state index contributed by atoms with van der Waals surface area (Å²) in [7, 11) is 0. The molecule has 1 aliphatic carbocycles. The van der Waals surface area contributed by atoms with E-state index >= 15 is 0 Å². The van der Waals surface area contributed by atoms with Crippen LogP contribution in [0.3, 0.4) is 0 Å². The van der Waals surface area contributed by atoms with Gasteiger partial charge in [-0.05, 0) is 43.4 Å². The summed E-state index contributed by atoms with van der Waals surface area (Å²) in [6, 6.07) is 3.36. The van der Waals surface area contributed by atoms with Gasteiger partial charge in [-0.15, -0.1) is 0 Å². The molecule has 0 saturated heterocycles. The first-order valence-corrected chi connectivity index (χ1v) is 8.40. The summed E-state index contributed by atoms with van der Waals surface area (Å²) in [6.45, 7) is 3.03. The van der Waals surface area contributed by atoms with E-state index in [0.29, 0.717) is 11.5 Å². The second-order valence-electron chi connectivity index (χ2n) is 6.43. The Kier molecular flexibility index (Phi) is 6.50. The van der Waals surface area contributed by atoms with Crippen LogP contribution in [0.25, 0.3) is 0 Å². The highest BCUT2D eigenvalue weighted by Crippen LogP contribution is 2.23. The van der Waals surface area contributed by atoms with Crippen molar-refractivity contribution in [3.63, 3.8) is 0 Å². The number of halogens is 1. The quantitative estimate of drug-likeness (QED) is 0.818. The first kappa shape index (κ1) is 18.9. The zero-order valence-electron chi connectivity index (χ0n) is 14.4. The van der Waals surface area contributed by atoms with Crippen molar-refractivity contribution in [1.82, 2.24) is 10.6 Å². The maximum absolute atomic E-state index is 13.4. The fraction of sp³-hybridized carbons (Fsp3) is 0.500. The number of aryl methyl sites for hydroxylation is 1. The van der Waals surface area contributed by atoms with Crippen molar-refractivity contribution in [2.75, 3.05) is 6.61 Å². The number of carbonyl (C=O) groups excluding carboxylic acids is 3. The third-order valence-corrected chi connectivity index (χ3v) is 4.42. The van der Waals surface area contributed by atoms with E-state index < -0.39 is 30.3 Å². The van der Waals surface area contributed by atoms with Gasteiger partial charge in [0.05, 0.1) is 5.56 Å². The predicted molar refractivity (Wildman–Crippen MR) is 89.5 cm³/mol. The Morgan fingerprint density at radius 3 is 2.64 bits per heavy atom. The predicted octanol–water partition coefficient (Wildman–Crippen LogP) is 2.70. The van der Waals surface area contributed by atoms with Crippen molar-refractivity contribution in [1.29, 1.82) is 0 Å². The largest absolute Gasteiger partial charge is 0.452 e. The zero-order valence-corrected chi connectivity index (χ0v) is 14.4. The molecule has 136 valence electrons. The van der Waals surface area contributed by atoms with E-state index in [0.717, 1.165) is 31.7 Å². The number of hydrogen-bond acceptors (Lipinski definition) is 4. The molecule has 0 aromatic heterocycles. The number of hydrogen-bond donors (Lipinski definition) is 2. The minimum atomic E-state index is -0.824. The lowest BCUT2D eigenvalue weighted by molar-refractivity contribution is -0.123. The number of nitrogens with one attached hydrogen (secondary N) is 2. The monoisotopic (exact) mass is 350 g/mol. The molecule has 0 bridgehead atoms. The number of imide groups is 1. The summed E-state index contributed by atoms with van der Waals surface area (Å²) in [5, 5.41) is 4.91. The molecule has 1 aliphatic rings. The van der Waals surface area contributed by atoms with Crippen LogP contribution in [0.5, 0.6) is 0 Å². The van der Waals surface area contributed by atoms with Gasteiger partial charge in [-0.1, -0.05) is 25.8 Å². The van der Waals surface area contributed by atoms with Gasteiger partial charge in [-0.25, -0.2) is 14.0 Å². The van der Waals surface area contributed by atoms with Gasteiger partial charge in [-0.2, -0.15) is 0 Å². The van der Waals surface area contributed by atoms with Gasteiger partial charge < -0.3 is 10.1 Å². The number of benzene rings is 1. The molecule has 25 heavy (non-hydrogen) atoms. The Labute approximate surface area is 146 Å². The molecule has 2 N–H and O–H groups in total. The Morgan fingerprint density at radius 2 is 1.96 bits per heavy atom. The van der Waals surface area contributed by atoms with Crippen LogP contribution in [0.15, 0.2) is 18.2 Å². The van der Waals surface area contributed by atoms with E-state index in [-0.39, 0.29) is 11.6 Å². The number of esters is 1. The molecule has 7 heteroatoms. The third-order valence-electron chi connectivity index (χ3n) is 4.42. The molecule has 0 spiro atoms. The number of rotatable bonds is 4. The van der Waals surface area contributed by atoms with E-state index in [1.54, 1.807) is 6.92 Å². The number of amides is 3. The van der Waals surface area contributed by atoms with Crippen molar-refractivity contribution >= 4 is 17.9 Å². The molecule has 6 nitrogen and oxygen atoms in total. The van der Waals surface area contributed by atoms with Crippen LogP contribution < -0.4 is 10.6 Å². The van der Waals surface area contributed by atoms with Gasteiger partial charge in [0, 0.05) is 6.04 Å². The summed E-state index contributed by atoms with van der Waals surface area (Å²) in [4.78, 5) is 35.3. The number of ether oxygens (including phenoxy) is 1. The molecule has 0 radical (unpaired) electrons. The third kappa shape index (κ3) is 5.55. The van der Waals surface area contributed by atoms with Gasteiger partial charge in [0.15, 0.2) is 6.61 Å². The van der Waals surface area contributed by atoms with E-state index in [1.165, 1.54) is 12.1 Å². The van der Waals surface area contributed by atoms with E-state index in [4.69, 9.17) is 4.74 Å². The van der Waals surface area contributed by atoms with Crippen molar-refractivity contribution in [2.45, 2.75) is 45.6 Å². The molecular formula is C18H23FN2O4. The summed E-state index contributed by atoms with van der Waals surface area (Å²) in [6.07, 6.45) is 4.13. The Balaban J connectivity index is 1.76. The molecule has 0 heterocycles. The van der Waals surface area contributed by atoms with Gasteiger partial charge >= 0.3 is 12.0 Å². The summed E-state index contributed by atoms with van der Waals surface area (Å²) in [5.41, 5.74) is 0.416. The van der Waals surface area contributed by atoms with Crippen LogP contribution in [0, 0.1) is 18.7 Å². The molecule has 1 fully saturated rings. The zero-order chi connectivity index (χ0) is 18.4. The van der Waals surface area contributed by atoms with Gasteiger partial charge in [0.25, 0.3) is 5.91 Å². The second kappa shape index (κ2) is 8.60. The van der Waals surface area contributed by atoms with E-state index in [2.05, 4.69) is 17.6 Å². The average molecular weight is 350 g/mol. The fourth-order valence-corrected chi connectivity index (χ4v) is 2.83. The van der Waals surface area contributed by atoms with Crippen molar-refractivity contribution in [2.24, 2.45) is 5.92 Å². The summed E-state index contributed by atoms with van der Waals surface area (Å²) >= 11 is 0. The average Bonchev–Trinajstić information content (AvgIpc) is 2.57. The van der Waals surface area contributed by atoms with Crippen LogP contribution in [0.2, 0.25) is 0 Å². The smallest absolute Gasteiger partial charge is 0.338 e. The van der Waals surface area contributed by atoms with Crippen molar-refractivity contribution in [3.8, 4) is 0 Å². The maximum Gasteiger partial charge on any atom is 0.338 e. The highest BCUT2D eigenvalue weighted by Gasteiger charge is 2.23. The Morgan fingerprint density at radius 1 is 1.24 bits per heavy atom. The van der Waals surface area contributed by atoms with E-state index in [9.17, 15) is 18.8 Å². The lowest BCUT2D eigenvalue weighted by Gasteiger charge is -2.29. The van der Waals surface area contributed by atoms with Crippen molar-refractivity contribution < 1.29 is 23.5 Å². The minimum absolute atomic E-state index is 0.0105. The number of urea groups is 1. The van der Waals surface area contributed by atoms with Crippen LogP contribution in [-0.4, -0.2) is 30.6 Å². The molecule has 2 unspecified atom stereocenters. The Hall–Kier alpha value is -2.44. The highest BCUT2D eigenvalue weighted by atomic mass is 19.1. The molecular weight excluding hydrogens is 327 g/mol. The number of carbonyl (C=O) groups is 3. The van der Waals surface area contributed by atoms with E-state index in [1.807, 2.05) is 0 Å². The summed E-state index contributed by atoms with van der Waals surface area (Å²) < 4.78 is 18.2. The fourth-order valence-electron chi connectivity index (χ4n) is 2.83. The van der Waals surface area contributed by atoms with Gasteiger partial charge in [0.1, 0.15) is 5.82 Å². The SMILES string of the molecule is Cc1ccc(C(=O)OCC(=O)NC(=O)NC2CCCCC2C)cc1F. The lowest BCUT2D eigenvalue weighted by Crippen LogP contribution is -2.48. The molecule has 1 saturated carbocycles. The molecule has 1 aromatic rings. The van der Waals surface area contributed by atoms with Crippen LogP contribution >= 0.6 is 0 Å². The van der Waals surface area contributed by atoms with Crippen LogP contribution in [0.4, 0.5) is 9.18 Å².